The number of hydrogen-bond acceptors (Lipinski definition) is 5. The van der Waals surface area contributed by atoms with Gasteiger partial charge in [-0.15, -0.1) is 0 Å². The highest BCUT2D eigenvalue weighted by Crippen LogP contribution is 2.24. The van der Waals surface area contributed by atoms with E-state index in [2.05, 4.69) is 4.74 Å². The van der Waals surface area contributed by atoms with Gasteiger partial charge in [-0.1, -0.05) is 12.1 Å². The van der Waals surface area contributed by atoms with Crippen molar-refractivity contribution in [2.45, 2.75) is 0 Å². The summed E-state index contributed by atoms with van der Waals surface area (Å²) in [5.41, 5.74) is 6.03. The molecule has 0 fully saturated rings. The highest BCUT2D eigenvalue weighted by Gasteiger charge is 2.09. The monoisotopic (exact) mass is 296 g/mol. The third-order valence-electron chi connectivity index (χ3n) is 2.89. The largest absolute Gasteiger partial charge is 0.465 e. The zero-order chi connectivity index (χ0) is 16.1. The summed E-state index contributed by atoms with van der Waals surface area (Å²) in [5, 5.41) is 8.78. The van der Waals surface area contributed by atoms with E-state index < -0.39 is 11.9 Å². The lowest BCUT2D eigenvalue weighted by Crippen LogP contribution is -2.12. The smallest absolute Gasteiger partial charge is 0.337 e. The number of carbonyl (C=O) groups excluding carboxylic acids is 2. The maximum atomic E-state index is 11.4. The molecule has 110 valence electrons. The Morgan fingerprint density at radius 1 is 1.23 bits per heavy atom. The van der Waals surface area contributed by atoms with Crippen molar-refractivity contribution >= 4 is 18.0 Å². The Kier molecular flexibility index (Phi) is 4.39. The van der Waals surface area contributed by atoms with Crippen LogP contribution in [0.15, 0.2) is 46.4 Å². The van der Waals surface area contributed by atoms with Gasteiger partial charge >= 0.3 is 5.97 Å². The first-order valence-electron chi connectivity index (χ1n) is 6.25. The molecule has 0 bridgehead atoms. The molecule has 1 amide bonds. The average molecular weight is 296 g/mol. The van der Waals surface area contributed by atoms with Gasteiger partial charge in [0.25, 0.3) is 5.91 Å². The van der Waals surface area contributed by atoms with E-state index in [1.54, 1.807) is 42.5 Å². The molecule has 2 aromatic rings. The second-order valence-electron chi connectivity index (χ2n) is 4.31. The molecule has 1 heterocycles. The van der Waals surface area contributed by atoms with Crippen molar-refractivity contribution in [2.24, 2.45) is 5.73 Å². The van der Waals surface area contributed by atoms with Gasteiger partial charge in [0, 0.05) is 11.6 Å². The Hall–Kier alpha value is -3.33. The number of methoxy groups -OCH3 is 1. The molecular weight excluding hydrogens is 284 g/mol. The molecule has 0 aliphatic heterocycles. The minimum absolute atomic E-state index is 0.193. The minimum Gasteiger partial charge on any atom is -0.465 e. The van der Waals surface area contributed by atoms with Gasteiger partial charge in [0.1, 0.15) is 23.2 Å². The first-order chi connectivity index (χ1) is 10.5. The summed E-state index contributed by atoms with van der Waals surface area (Å²) in [7, 11) is 1.31. The fraction of sp³-hybridized carbons (Fsp3) is 0.0625. The summed E-state index contributed by atoms with van der Waals surface area (Å²) >= 11 is 0. The van der Waals surface area contributed by atoms with E-state index in [4.69, 9.17) is 15.4 Å². The van der Waals surface area contributed by atoms with Gasteiger partial charge in [0.15, 0.2) is 0 Å². The summed E-state index contributed by atoms with van der Waals surface area (Å²) in [5.74, 6) is -0.371. The van der Waals surface area contributed by atoms with Crippen molar-refractivity contribution in [1.82, 2.24) is 0 Å². The Balaban J connectivity index is 2.27. The fourth-order valence-electron chi connectivity index (χ4n) is 1.77. The van der Waals surface area contributed by atoms with Crippen LogP contribution in [0.25, 0.3) is 17.4 Å². The summed E-state index contributed by atoms with van der Waals surface area (Å²) in [6.07, 6.45) is 1.27. The van der Waals surface area contributed by atoms with Crippen molar-refractivity contribution in [3.8, 4) is 17.4 Å². The van der Waals surface area contributed by atoms with E-state index in [1.165, 1.54) is 13.2 Å². The van der Waals surface area contributed by atoms with Crippen LogP contribution in [-0.2, 0) is 9.53 Å². The number of esters is 1. The highest BCUT2D eigenvalue weighted by molar-refractivity contribution is 6.00. The van der Waals surface area contributed by atoms with Crippen LogP contribution in [-0.4, -0.2) is 19.0 Å². The van der Waals surface area contributed by atoms with Gasteiger partial charge < -0.3 is 14.9 Å². The van der Waals surface area contributed by atoms with Gasteiger partial charge in [0.05, 0.1) is 12.7 Å². The normalized spacial score (nSPS) is 10.8. The maximum Gasteiger partial charge on any atom is 0.337 e. The summed E-state index contributed by atoms with van der Waals surface area (Å²) in [6, 6.07) is 11.6. The van der Waals surface area contributed by atoms with Crippen molar-refractivity contribution in [3.05, 3.63) is 53.3 Å². The lowest BCUT2D eigenvalue weighted by Gasteiger charge is -2.00. The van der Waals surface area contributed by atoms with Crippen LogP contribution in [0.2, 0.25) is 0 Å². The van der Waals surface area contributed by atoms with Gasteiger partial charge in [-0.25, -0.2) is 4.79 Å². The van der Waals surface area contributed by atoms with Crippen molar-refractivity contribution in [2.75, 3.05) is 7.11 Å². The lowest BCUT2D eigenvalue weighted by atomic mass is 10.1. The maximum absolute atomic E-state index is 11.4. The number of nitrogens with two attached hydrogens (primary N) is 1. The Bertz CT molecular complexity index is 779. The number of carbonyl (C=O) groups is 2. The Morgan fingerprint density at radius 3 is 2.45 bits per heavy atom. The number of hydrogen-bond donors (Lipinski definition) is 1. The summed E-state index contributed by atoms with van der Waals surface area (Å²) in [4.78, 5) is 22.3. The van der Waals surface area contributed by atoms with Crippen LogP contribution in [0, 0.1) is 11.3 Å². The Morgan fingerprint density at radius 2 is 1.91 bits per heavy atom. The number of ether oxygens (including phenoxy) is 1. The minimum atomic E-state index is -0.817. The highest BCUT2D eigenvalue weighted by atomic mass is 16.5. The lowest BCUT2D eigenvalue weighted by molar-refractivity contribution is -0.114. The molecule has 2 rings (SSSR count). The zero-order valence-electron chi connectivity index (χ0n) is 11.7. The molecule has 0 spiro atoms. The predicted molar refractivity (Wildman–Crippen MR) is 78.3 cm³/mol. The van der Waals surface area contributed by atoms with Crippen LogP contribution in [0.3, 0.4) is 0 Å². The molecule has 22 heavy (non-hydrogen) atoms. The summed E-state index contributed by atoms with van der Waals surface area (Å²) in [6.45, 7) is 0. The molecule has 0 aliphatic rings. The number of primary amides is 1. The zero-order valence-corrected chi connectivity index (χ0v) is 11.7. The molecular formula is C16H12N2O4. The van der Waals surface area contributed by atoms with Gasteiger partial charge in [-0.2, -0.15) is 5.26 Å². The van der Waals surface area contributed by atoms with E-state index in [-0.39, 0.29) is 5.57 Å². The van der Waals surface area contributed by atoms with E-state index in [9.17, 15) is 9.59 Å². The SMILES string of the molecule is COC(=O)c1ccc(-c2ccc(/C=C(/C#N)C(N)=O)o2)cc1. The summed E-state index contributed by atoms with van der Waals surface area (Å²) < 4.78 is 10.1. The molecule has 0 saturated carbocycles. The van der Waals surface area contributed by atoms with Crippen molar-refractivity contribution in [3.63, 3.8) is 0 Å². The van der Waals surface area contributed by atoms with E-state index >= 15 is 0 Å². The number of nitrogens with zero attached hydrogens (tertiary/aromatic N) is 1. The van der Waals surface area contributed by atoms with E-state index in [0.29, 0.717) is 17.1 Å². The second-order valence-corrected chi connectivity index (χ2v) is 4.31. The van der Waals surface area contributed by atoms with Crippen LogP contribution in [0.5, 0.6) is 0 Å². The fourth-order valence-corrected chi connectivity index (χ4v) is 1.77. The third-order valence-corrected chi connectivity index (χ3v) is 2.89. The molecule has 2 N–H and O–H groups in total. The molecule has 1 aromatic heterocycles. The first-order valence-corrected chi connectivity index (χ1v) is 6.25. The van der Waals surface area contributed by atoms with Crippen molar-refractivity contribution in [1.29, 1.82) is 5.26 Å². The van der Waals surface area contributed by atoms with Crippen LogP contribution in [0.4, 0.5) is 0 Å². The van der Waals surface area contributed by atoms with Gasteiger partial charge in [-0.05, 0) is 24.3 Å². The molecule has 0 aliphatic carbocycles. The van der Waals surface area contributed by atoms with Crippen molar-refractivity contribution < 1.29 is 18.7 Å². The predicted octanol–water partition coefficient (Wildman–Crippen LogP) is 2.13. The third kappa shape index (κ3) is 3.22. The number of furan rings is 1. The van der Waals surface area contributed by atoms with Crippen LogP contribution >= 0.6 is 0 Å². The molecule has 0 atom stereocenters. The first kappa shape index (κ1) is 15.1. The van der Waals surface area contributed by atoms with E-state index in [0.717, 1.165) is 5.56 Å². The molecule has 1 aromatic carbocycles. The Labute approximate surface area is 126 Å². The quantitative estimate of drug-likeness (QED) is 0.528. The number of nitriles is 1. The standard InChI is InChI=1S/C16H12N2O4/c1-21-16(20)11-4-2-10(3-5-11)14-7-6-13(22-14)8-12(9-17)15(18)19/h2-8H,1H3,(H2,18,19)/b12-8-. The molecule has 6 nitrogen and oxygen atoms in total. The van der Waals surface area contributed by atoms with Gasteiger partial charge in [-0.3, -0.25) is 4.79 Å². The number of rotatable bonds is 4. The molecule has 6 heteroatoms. The second kappa shape index (κ2) is 6.41. The topological polar surface area (TPSA) is 106 Å². The van der Waals surface area contributed by atoms with Crippen LogP contribution in [0.1, 0.15) is 16.1 Å². The van der Waals surface area contributed by atoms with Crippen LogP contribution < -0.4 is 5.73 Å². The molecule has 0 saturated heterocycles. The number of benzene rings is 1. The average Bonchev–Trinajstić information content (AvgIpc) is 3.00. The van der Waals surface area contributed by atoms with E-state index in [1.807, 2.05) is 0 Å². The molecule has 0 radical (unpaired) electrons. The number of amides is 1. The molecule has 0 unspecified atom stereocenters. The van der Waals surface area contributed by atoms with Gasteiger partial charge in [0.2, 0.25) is 0 Å².